The number of nitrogens with zero attached hydrogens (tertiary/aromatic N) is 3. The first kappa shape index (κ1) is 17.2. The Morgan fingerprint density at radius 2 is 2.15 bits per heavy atom. The number of aromatic nitrogens is 3. The minimum absolute atomic E-state index is 0.0220. The van der Waals surface area contributed by atoms with Gasteiger partial charge in [-0.1, -0.05) is 17.8 Å². The van der Waals surface area contributed by atoms with E-state index < -0.39 is 0 Å². The van der Waals surface area contributed by atoms with Gasteiger partial charge in [0.05, 0.1) is 5.25 Å². The smallest absolute Gasteiger partial charge is 0.233 e. The van der Waals surface area contributed by atoms with E-state index in [9.17, 15) is 4.79 Å². The standard InChI is InChI=1S/C18H22N4O3S/c1-3-22-16(13-5-6-13)20-21-18(22)26-11(2)17(23)19-9-12-4-7-14-15(8-12)25-10-24-14/h4,7-8,11,13H,3,5-6,9-10H2,1-2H3,(H,19,23)/t11-/m0/s1. The van der Waals surface area contributed by atoms with Crippen molar-refractivity contribution >= 4 is 17.7 Å². The summed E-state index contributed by atoms with van der Waals surface area (Å²) in [6, 6.07) is 5.70. The molecule has 0 bridgehead atoms. The molecule has 1 amide bonds. The third-order valence-electron chi connectivity index (χ3n) is 4.56. The predicted molar refractivity (Wildman–Crippen MR) is 97.4 cm³/mol. The van der Waals surface area contributed by atoms with Gasteiger partial charge in [-0.05, 0) is 44.4 Å². The number of fused-ring (bicyclic) bond motifs is 1. The van der Waals surface area contributed by atoms with Gasteiger partial charge in [0.2, 0.25) is 12.7 Å². The lowest BCUT2D eigenvalue weighted by atomic mass is 10.2. The molecule has 1 saturated carbocycles. The Morgan fingerprint density at radius 1 is 1.35 bits per heavy atom. The summed E-state index contributed by atoms with van der Waals surface area (Å²) >= 11 is 1.46. The number of nitrogens with one attached hydrogen (secondary N) is 1. The molecular formula is C18H22N4O3S. The number of hydrogen-bond donors (Lipinski definition) is 1. The van der Waals surface area contributed by atoms with Gasteiger partial charge >= 0.3 is 0 Å². The molecule has 4 rings (SSSR count). The largest absolute Gasteiger partial charge is 0.454 e. The van der Waals surface area contributed by atoms with Crippen LogP contribution in [0, 0.1) is 0 Å². The van der Waals surface area contributed by atoms with Gasteiger partial charge in [-0.2, -0.15) is 0 Å². The summed E-state index contributed by atoms with van der Waals surface area (Å²) in [5.41, 5.74) is 0.979. The second kappa shape index (κ2) is 7.19. The molecule has 26 heavy (non-hydrogen) atoms. The topological polar surface area (TPSA) is 78.3 Å². The zero-order valence-corrected chi connectivity index (χ0v) is 15.7. The molecule has 2 aliphatic rings. The highest BCUT2D eigenvalue weighted by molar-refractivity contribution is 8.00. The predicted octanol–water partition coefficient (Wildman–Crippen LogP) is 2.70. The van der Waals surface area contributed by atoms with Crippen molar-refractivity contribution in [3.05, 3.63) is 29.6 Å². The summed E-state index contributed by atoms with van der Waals surface area (Å²) in [6.45, 7) is 5.51. The zero-order chi connectivity index (χ0) is 18.1. The molecule has 1 aromatic heterocycles. The minimum Gasteiger partial charge on any atom is -0.454 e. The molecule has 0 spiro atoms. The molecule has 7 nitrogen and oxygen atoms in total. The van der Waals surface area contributed by atoms with Gasteiger partial charge in [-0.25, -0.2) is 0 Å². The average Bonchev–Trinajstić information content (AvgIpc) is 3.25. The SMILES string of the molecule is CCn1c(S[C@@H](C)C(=O)NCc2ccc3c(c2)OCO3)nnc1C1CC1. The Morgan fingerprint density at radius 3 is 2.92 bits per heavy atom. The normalized spacial score (nSPS) is 16.5. The van der Waals surface area contributed by atoms with Crippen molar-refractivity contribution in [2.45, 2.75) is 56.1 Å². The maximum Gasteiger partial charge on any atom is 0.233 e. The first-order chi connectivity index (χ1) is 12.7. The summed E-state index contributed by atoms with van der Waals surface area (Å²) in [4.78, 5) is 12.5. The molecule has 1 atom stereocenters. The Bertz CT molecular complexity index is 819. The van der Waals surface area contributed by atoms with Gasteiger partial charge in [0.1, 0.15) is 5.82 Å². The number of rotatable bonds is 7. The van der Waals surface area contributed by atoms with Crippen LogP contribution in [0.1, 0.15) is 44.0 Å². The van der Waals surface area contributed by atoms with Crippen LogP contribution in [0.3, 0.4) is 0 Å². The van der Waals surface area contributed by atoms with Gasteiger partial charge in [0, 0.05) is 19.0 Å². The number of carbonyl (C=O) groups excluding carboxylic acids is 1. The lowest BCUT2D eigenvalue weighted by Gasteiger charge is -2.13. The lowest BCUT2D eigenvalue weighted by Crippen LogP contribution is -2.30. The van der Waals surface area contributed by atoms with Gasteiger partial charge in [0.25, 0.3) is 0 Å². The Balaban J connectivity index is 1.34. The van der Waals surface area contributed by atoms with Gasteiger partial charge in [-0.3, -0.25) is 4.79 Å². The monoisotopic (exact) mass is 374 g/mol. The second-order valence-corrected chi connectivity index (χ2v) is 7.83. The quantitative estimate of drug-likeness (QED) is 0.751. The minimum atomic E-state index is -0.245. The molecule has 1 aliphatic carbocycles. The van der Waals surface area contributed by atoms with Crippen LogP contribution < -0.4 is 14.8 Å². The summed E-state index contributed by atoms with van der Waals surface area (Å²) < 4.78 is 12.8. The molecule has 2 heterocycles. The fourth-order valence-corrected chi connectivity index (χ4v) is 3.87. The van der Waals surface area contributed by atoms with Gasteiger partial charge < -0.3 is 19.4 Å². The van der Waals surface area contributed by atoms with Crippen LogP contribution >= 0.6 is 11.8 Å². The summed E-state index contributed by atoms with van der Waals surface area (Å²) in [7, 11) is 0. The van der Waals surface area contributed by atoms with Crippen molar-refractivity contribution in [1.29, 1.82) is 0 Å². The fourth-order valence-electron chi connectivity index (χ4n) is 2.92. The highest BCUT2D eigenvalue weighted by Gasteiger charge is 2.30. The second-order valence-electron chi connectivity index (χ2n) is 6.52. The third kappa shape index (κ3) is 3.51. The number of ether oxygens (including phenoxy) is 2. The molecule has 8 heteroatoms. The van der Waals surface area contributed by atoms with E-state index in [1.54, 1.807) is 0 Å². The molecule has 138 valence electrons. The van der Waals surface area contributed by atoms with Gasteiger partial charge in [0.15, 0.2) is 16.7 Å². The van der Waals surface area contributed by atoms with E-state index in [1.165, 1.54) is 24.6 Å². The van der Waals surface area contributed by atoms with Crippen molar-refractivity contribution in [3.8, 4) is 11.5 Å². The molecular weight excluding hydrogens is 352 g/mol. The van der Waals surface area contributed by atoms with Crippen molar-refractivity contribution in [2.75, 3.05) is 6.79 Å². The van der Waals surface area contributed by atoms with Crippen molar-refractivity contribution < 1.29 is 14.3 Å². The zero-order valence-electron chi connectivity index (χ0n) is 14.9. The van der Waals surface area contributed by atoms with Crippen LogP contribution in [0.25, 0.3) is 0 Å². The van der Waals surface area contributed by atoms with E-state index in [-0.39, 0.29) is 18.0 Å². The highest BCUT2D eigenvalue weighted by Crippen LogP contribution is 2.40. The maximum absolute atomic E-state index is 12.5. The molecule has 1 fully saturated rings. The van der Waals surface area contributed by atoms with Crippen molar-refractivity contribution in [2.24, 2.45) is 0 Å². The maximum atomic E-state index is 12.5. The number of amides is 1. The number of hydrogen-bond acceptors (Lipinski definition) is 6. The Hall–Kier alpha value is -2.22. The van der Waals surface area contributed by atoms with E-state index in [4.69, 9.17) is 9.47 Å². The average molecular weight is 374 g/mol. The molecule has 1 aliphatic heterocycles. The van der Waals surface area contributed by atoms with Crippen LogP contribution in [-0.4, -0.2) is 32.7 Å². The third-order valence-corrected chi connectivity index (χ3v) is 5.64. The van der Waals surface area contributed by atoms with Crippen LogP contribution in [0.2, 0.25) is 0 Å². The van der Waals surface area contributed by atoms with Crippen LogP contribution in [0.4, 0.5) is 0 Å². The van der Waals surface area contributed by atoms with Crippen LogP contribution in [0.5, 0.6) is 11.5 Å². The van der Waals surface area contributed by atoms with Crippen LogP contribution in [-0.2, 0) is 17.9 Å². The molecule has 1 N–H and O–H groups in total. The number of carbonyl (C=O) groups is 1. The summed E-state index contributed by atoms with van der Waals surface area (Å²) in [5, 5.41) is 12.2. The van der Waals surface area contributed by atoms with Crippen molar-refractivity contribution in [1.82, 2.24) is 20.1 Å². The van der Waals surface area contributed by atoms with Crippen LogP contribution in [0.15, 0.2) is 23.4 Å². The number of thioether (sulfide) groups is 1. The first-order valence-electron chi connectivity index (χ1n) is 8.91. The lowest BCUT2D eigenvalue weighted by molar-refractivity contribution is -0.120. The number of benzene rings is 1. The van der Waals surface area contributed by atoms with E-state index in [1.807, 2.05) is 25.1 Å². The van der Waals surface area contributed by atoms with Gasteiger partial charge in [-0.15, -0.1) is 10.2 Å². The first-order valence-corrected chi connectivity index (χ1v) is 9.79. The molecule has 0 radical (unpaired) electrons. The Kier molecular flexibility index (Phi) is 4.76. The Labute approximate surface area is 156 Å². The molecule has 0 saturated heterocycles. The molecule has 1 aromatic carbocycles. The van der Waals surface area contributed by atoms with E-state index in [2.05, 4.69) is 27.0 Å². The highest BCUT2D eigenvalue weighted by atomic mass is 32.2. The molecule has 0 unspecified atom stereocenters. The summed E-state index contributed by atoms with van der Waals surface area (Å²) in [5.74, 6) is 3.05. The van der Waals surface area contributed by atoms with E-state index in [0.717, 1.165) is 34.6 Å². The van der Waals surface area contributed by atoms with Crippen molar-refractivity contribution in [3.63, 3.8) is 0 Å². The van der Waals surface area contributed by atoms with E-state index >= 15 is 0 Å². The molecule has 2 aromatic rings. The van der Waals surface area contributed by atoms with E-state index in [0.29, 0.717) is 12.5 Å². The fraction of sp³-hybridized carbons (Fsp3) is 0.500. The summed E-state index contributed by atoms with van der Waals surface area (Å²) in [6.07, 6.45) is 2.38.